The van der Waals surface area contributed by atoms with E-state index >= 15 is 0 Å². The van der Waals surface area contributed by atoms with Crippen LogP contribution in [0.15, 0.2) is 45.3 Å². The zero-order chi connectivity index (χ0) is 15.1. The molecule has 1 atom stereocenters. The highest BCUT2D eigenvalue weighted by Crippen LogP contribution is 2.33. The Kier molecular flexibility index (Phi) is 4.12. The van der Waals surface area contributed by atoms with Gasteiger partial charge in [0.05, 0.1) is 22.1 Å². The number of aromatic nitrogens is 2. The number of hydrogen-bond donors (Lipinski definition) is 0. The molecule has 108 valence electrons. The second kappa shape index (κ2) is 5.75. The van der Waals surface area contributed by atoms with Crippen molar-refractivity contribution >= 4 is 54.5 Å². The standard InChI is InChI=1S/C16H13Br2ClN2/c1-9-3-5-12(18)15(7-9)21-14-6-4-11(17)8-13(14)20-16(21)10(2)19/h3-8,10H,1-2H3. The quantitative estimate of drug-likeness (QED) is 0.447. The third-order valence-corrected chi connectivity index (χ3v) is 4.70. The van der Waals surface area contributed by atoms with Crippen LogP contribution < -0.4 is 0 Å². The lowest BCUT2D eigenvalue weighted by molar-refractivity contribution is 0.879. The smallest absolute Gasteiger partial charge is 0.132 e. The molecule has 0 N–H and O–H groups in total. The van der Waals surface area contributed by atoms with Crippen molar-refractivity contribution < 1.29 is 0 Å². The molecule has 3 rings (SSSR count). The van der Waals surface area contributed by atoms with Crippen LogP contribution in [0.4, 0.5) is 0 Å². The van der Waals surface area contributed by atoms with E-state index in [1.807, 2.05) is 19.1 Å². The van der Waals surface area contributed by atoms with Crippen molar-refractivity contribution in [2.75, 3.05) is 0 Å². The van der Waals surface area contributed by atoms with Crippen molar-refractivity contribution in [3.8, 4) is 5.69 Å². The highest BCUT2D eigenvalue weighted by Gasteiger charge is 2.18. The summed E-state index contributed by atoms with van der Waals surface area (Å²) >= 11 is 13.5. The van der Waals surface area contributed by atoms with Crippen molar-refractivity contribution in [3.05, 3.63) is 56.7 Å². The predicted octanol–water partition coefficient (Wildman–Crippen LogP) is 6.16. The molecule has 0 saturated heterocycles. The summed E-state index contributed by atoms with van der Waals surface area (Å²) in [5.41, 5.74) is 4.23. The van der Waals surface area contributed by atoms with Crippen LogP contribution in [0.3, 0.4) is 0 Å². The number of alkyl halides is 1. The van der Waals surface area contributed by atoms with Gasteiger partial charge in [0.2, 0.25) is 0 Å². The van der Waals surface area contributed by atoms with E-state index in [0.29, 0.717) is 0 Å². The van der Waals surface area contributed by atoms with E-state index in [4.69, 9.17) is 16.6 Å². The average molecular weight is 429 g/mol. The lowest BCUT2D eigenvalue weighted by Crippen LogP contribution is -2.03. The number of benzene rings is 2. The lowest BCUT2D eigenvalue weighted by atomic mass is 10.2. The fourth-order valence-corrected chi connectivity index (χ4v) is 3.31. The second-order valence-corrected chi connectivity index (χ2v) is 7.43. The third-order valence-electron chi connectivity index (χ3n) is 3.34. The molecule has 1 heterocycles. The van der Waals surface area contributed by atoms with Crippen LogP contribution in [0.25, 0.3) is 16.7 Å². The SMILES string of the molecule is Cc1ccc(Br)c(-n2c(C(C)Cl)nc3cc(Br)ccc32)c1. The summed E-state index contributed by atoms with van der Waals surface area (Å²) in [5.74, 6) is 0.844. The van der Waals surface area contributed by atoms with Gasteiger partial charge in [0.15, 0.2) is 0 Å². The minimum absolute atomic E-state index is 0.177. The Balaban J connectivity index is 2.39. The summed E-state index contributed by atoms with van der Waals surface area (Å²) in [5, 5.41) is -0.177. The van der Waals surface area contributed by atoms with Gasteiger partial charge in [-0.3, -0.25) is 4.57 Å². The third kappa shape index (κ3) is 2.77. The van der Waals surface area contributed by atoms with E-state index in [1.165, 1.54) is 5.56 Å². The van der Waals surface area contributed by atoms with E-state index in [1.54, 1.807) is 0 Å². The minimum atomic E-state index is -0.177. The second-order valence-electron chi connectivity index (χ2n) is 5.01. The van der Waals surface area contributed by atoms with E-state index in [9.17, 15) is 0 Å². The highest BCUT2D eigenvalue weighted by atomic mass is 79.9. The molecule has 0 bridgehead atoms. The zero-order valence-corrected chi connectivity index (χ0v) is 15.5. The van der Waals surface area contributed by atoms with Crippen molar-refractivity contribution in [2.24, 2.45) is 0 Å². The van der Waals surface area contributed by atoms with Crippen LogP contribution in [0.5, 0.6) is 0 Å². The normalized spacial score (nSPS) is 12.8. The minimum Gasteiger partial charge on any atom is -0.294 e. The highest BCUT2D eigenvalue weighted by molar-refractivity contribution is 9.10. The van der Waals surface area contributed by atoms with Gasteiger partial charge in [-0.2, -0.15) is 0 Å². The summed E-state index contributed by atoms with van der Waals surface area (Å²) in [6.45, 7) is 4.02. The number of hydrogen-bond acceptors (Lipinski definition) is 1. The molecule has 0 saturated carbocycles. The summed E-state index contributed by atoms with van der Waals surface area (Å²) in [7, 11) is 0. The number of imidazole rings is 1. The van der Waals surface area contributed by atoms with Gasteiger partial charge in [0, 0.05) is 8.95 Å². The molecule has 1 aromatic heterocycles. The topological polar surface area (TPSA) is 17.8 Å². The first-order valence-electron chi connectivity index (χ1n) is 6.56. The number of halogens is 3. The van der Waals surface area contributed by atoms with Gasteiger partial charge in [0.1, 0.15) is 5.82 Å². The van der Waals surface area contributed by atoms with Crippen molar-refractivity contribution in [1.29, 1.82) is 0 Å². The molecule has 1 unspecified atom stereocenters. The molecular weight excluding hydrogens is 415 g/mol. The Morgan fingerprint density at radius 2 is 1.90 bits per heavy atom. The number of aryl methyl sites for hydroxylation is 1. The molecular formula is C16H13Br2ClN2. The fraction of sp³-hybridized carbons (Fsp3) is 0.188. The summed E-state index contributed by atoms with van der Waals surface area (Å²) < 4.78 is 4.15. The van der Waals surface area contributed by atoms with Crippen LogP contribution >= 0.6 is 43.5 Å². The van der Waals surface area contributed by atoms with E-state index in [-0.39, 0.29) is 5.38 Å². The number of rotatable bonds is 2. The van der Waals surface area contributed by atoms with E-state index < -0.39 is 0 Å². The van der Waals surface area contributed by atoms with Gasteiger partial charge in [-0.05, 0) is 65.7 Å². The van der Waals surface area contributed by atoms with Gasteiger partial charge < -0.3 is 0 Å². The van der Waals surface area contributed by atoms with Crippen LogP contribution in [-0.2, 0) is 0 Å². The molecule has 0 radical (unpaired) electrons. The largest absolute Gasteiger partial charge is 0.294 e. The zero-order valence-electron chi connectivity index (χ0n) is 11.6. The first kappa shape index (κ1) is 15.1. The van der Waals surface area contributed by atoms with Gasteiger partial charge in [0.25, 0.3) is 0 Å². The van der Waals surface area contributed by atoms with Gasteiger partial charge >= 0.3 is 0 Å². The summed E-state index contributed by atoms with van der Waals surface area (Å²) in [6.07, 6.45) is 0. The Labute approximate surface area is 145 Å². The fourth-order valence-electron chi connectivity index (χ4n) is 2.39. The molecule has 2 nitrogen and oxygen atoms in total. The van der Waals surface area contributed by atoms with Gasteiger partial charge in [-0.1, -0.05) is 22.0 Å². The molecule has 3 aromatic rings. The van der Waals surface area contributed by atoms with Crippen LogP contribution in [0.2, 0.25) is 0 Å². The Bertz CT molecular complexity index is 825. The van der Waals surface area contributed by atoms with E-state index in [0.717, 1.165) is 31.5 Å². The van der Waals surface area contributed by atoms with Crippen molar-refractivity contribution in [1.82, 2.24) is 9.55 Å². The predicted molar refractivity (Wildman–Crippen MR) is 95.5 cm³/mol. The van der Waals surface area contributed by atoms with Crippen LogP contribution in [0.1, 0.15) is 23.7 Å². The Morgan fingerprint density at radius 3 is 2.62 bits per heavy atom. The van der Waals surface area contributed by atoms with Crippen molar-refractivity contribution in [2.45, 2.75) is 19.2 Å². The molecule has 0 aliphatic heterocycles. The van der Waals surface area contributed by atoms with Gasteiger partial charge in [-0.15, -0.1) is 11.6 Å². The van der Waals surface area contributed by atoms with E-state index in [2.05, 4.69) is 67.6 Å². The van der Waals surface area contributed by atoms with Crippen LogP contribution in [-0.4, -0.2) is 9.55 Å². The molecule has 0 fully saturated rings. The molecule has 21 heavy (non-hydrogen) atoms. The number of fused-ring (bicyclic) bond motifs is 1. The first-order valence-corrected chi connectivity index (χ1v) is 8.58. The molecule has 2 aromatic carbocycles. The Morgan fingerprint density at radius 1 is 1.14 bits per heavy atom. The molecule has 0 aliphatic carbocycles. The molecule has 0 spiro atoms. The van der Waals surface area contributed by atoms with Crippen LogP contribution in [0, 0.1) is 6.92 Å². The molecule has 5 heteroatoms. The number of nitrogens with zero attached hydrogens (tertiary/aromatic N) is 2. The first-order chi connectivity index (χ1) is 9.97. The summed E-state index contributed by atoms with van der Waals surface area (Å²) in [6, 6.07) is 12.4. The maximum atomic E-state index is 6.35. The lowest BCUT2D eigenvalue weighted by Gasteiger charge is -2.13. The van der Waals surface area contributed by atoms with Crippen molar-refractivity contribution in [3.63, 3.8) is 0 Å². The maximum Gasteiger partial charge on any atom is 0.132 e. The summed E-state index contributed by atoms with van der Waals surface area (Å²) in [4.78, 5) is 4.70. The average Bonchev–Trinajstić information content (AvgIpc) is 2.80. The maximum absolute atomic E-state index is 6.35. The Hall–Kier alpha value is -0.840. The monoisotopic (exact) mass is 426 g/mol. The van der Waals surface area contributed by atoms with Gasteiger partial charge in [-0.25, -0.2) is 4.98 Å². The molecule has 0 amide bonds. The molecule has 0 aliphatic rings.